The van der Waals surface area contributed by atoms with Gasteiger partial charge in [-0.1, -0.05) is 18.5 Å². The van der Waals surface area contributed by atoms with Crippen LogP contribution in [-0.2, 0) is 20.0 Å². The lowest BCUT2D eigenvalue weighted by atomic mass is 10.1. The molecule has 0 fully saturated rings. The molecular formula is C13H20ClN5. The van der Waals surface area contributed by atoms with E-state index in [0.717, 1.165) is 29.9 Å². The molecule has 104 valence electrons. The summed E-state index contributed by atoms with van der Waals surface area (Å²) in [5.74, 6) is 0.994. The first kappa shape index (κ1) is 14.1. The summed E-state index contributed by atoms with van der Waals surface area (Å²) in [6.07, 6.45) is 5.48. The third kappa shape index (κ3) is 2.98. The minimum Gasteiger partial charge on any atom is -0.330 e. The molecule has 1 atom stereocenters. The van der Waals surface area contributed by atoms with Gasteiger partial charge < -0.3 is 10.3 Å². The number of halogens is 1. The van der Waals surface area contributed by atoms with E-state index in [-0.39, 0.29) is 6.04 Å². The number of aryl methyl sites for hydroxylation is 2. The number of aromatic nitrogens is 4. The van der Waals surface area contributed by atoms with Gasteiger partial charge in [0.15, 0.2) is 0 Å². The zero-order valence-electron chi connectivity index (χ0n) is 11.6. The zero-order chi connectivity index (χ0) is 14.0. The molecule has 0 aliphatic rings. The maximum Gasteiger partial charge on any atom is 0.131 e. The maximum absolute atomic E-state index is 6.26. The van der Waals surface area contributed by atoms with Crippen molar-refractivity contribution in [2.45, 2.75) is 39.3 Å². The molecule has 6 heteroatoms. The molecule has 0 amide bonds. The van der Waals surface area contributed by atoms with Crippen molar-refractivity contribution < 1.29 is 0 Å². The van der Waals surface area contributed by atoms with Crippen molar-refractivity contribution in [2.24, 2.45) is 12.8 Å². The third-order valence-electron chi connectivity index (χ3n) is 3.37. The fourth-order valence-corrected chi connectivity index (χ4v) is 2.31. The number of hydrogen-bond acceptors (Lipinski definition) is 3. The average Bonchev–Trinajstić information content (AvgIpc) is 2.90. The summed E-state index contributed by atoms with van der Waals surface area (Å²) in [5, 5.41) is 5.00. The smallest absolute Gasteiger partial charge is 0.131 e. The van der Waals surface area contributed by atoms with E-state index < -0.39 is 0 Å². The lowest BCUT2D eigenvalue weighted by Crippen LogP contribution is -2.23. The van der Waals surface area contributed by atoms with Crippen LogP contribution in [0.15, 0.2) is 12.4 Å². The molecule has 2 aromatic heterocycles. The number of nitrogens with zero attached hydrogens (tertiary/aromatic N) is 4. The Labute approximate surface area is 118 Å². The van der Waals surface area contributed by atoms with E-state index in [9.17, 15) is 0 Å². The Morgan fingerprint density at radius 3 is 2.79 bits per heavy atom. The molecule has 2 N–H and O–H groups in total. The number of nitrogens with two attached hydrogens (primary N) is 1. The van der Waals surface area contributed by atoms with Crippen LogP contribution in [0.3, 0.4) is 0 Å². The van der Waals surface area contributed by atoms with Gasteiger partial charge in [-0.05, 0) is 13.3 Å². The van der Waals surface area contributed by atoms with Gasteiger partial charge in [0.05, 0.1) is 12.2 Å². The van der Waals surface area contributed by atoms with Crippen molar-refractivity contribution >= 4 is 11.6 Å². The summed E-state index contributed by atoms with van der Waals surface area (Å²) >= 11 is 6.26. The second-order valence-corrected chi connectivity index (χ2v) is 5.18. The first-order valence-electron chi connectivity index (χ1n) is 6.46. The molecule has 0 radical (unpaired) electrons. The Balaban J connectivity index is 2.22. The molecule has 0 bridgehead atoms. The van der Waals surface area contributed by atoms with E-state index in [1.165, 1.54) is 0 Å². The molecule has 0 aliphatic heterocycles. The molecule has 1 unspecified atom stereocenters. The highest BCUT2D eigenvalue weighted by Gasteiger charge is 2.14. The van der Waals surface area contributed by atoms with Crippen LogP contribution in [-0.4, -0.2) is 25.4 Å². The zero-order valence-corrected chi connectivity index (χ0v) is 12.4. The number of imidazole rings is 1. The third-order valence-corrected chi connectivity index (χ3v) is 3.84. The lowest BCUT2D eigenvalue weighted by molar-refractivity contribution is 0.597. The highest BCUT2D eigenvalue weighted by atomic mass is 35.5. The van der Waals surface area contributed by atoms with Crippen molar-refractivity contribution in [2.75, 3.05) is 0 Å². The van der Waals surface area contributed by atoms with E-state index in [0.29, 0.717) is 11.7 Å². The molecule has 2 heterocycles. The van der Waals surface area contributed by atoms with Crippen LogP contribution in [0.5, 0.6) is 0 Å². The highest BCUT2D eigenvalue weighted by molar-refractivity contribution is 6.30. The highest BCUT2D eigenvalue weighted by Crippen LogP contribution is 2.20. The standard InChI is InChI=1S/C13H20ClN5/c1-4-10(15)7-12-16-5-6-19(12)8-11-9(2)17-18(3)13(11)14/h5-6,10H,4,7-8,15H2,1-3H3. The summed E-state index contributed by atoms with van der Waals surface area (Å²) in [7, 11) is 1.85. The molecule has 0 spiro atoms. The first-order chi connectivity index (χ1) is 9.02. The summed E-state index contributed by atoms with van der Waals surface area (Å²) in [4.78, 5) is 4.38. The van der Waals surface area contributed by atoms with E-state index >= 15 is 0 Å². The predicted molar refractivity (Wildman–Crippen MR) is 76.3 cm³/mol. The van der Waals surface area contributed by atoms with Gasteiger partial charge in [0, 0.05) is 37.5 Å². The van der Waals surface area contributed by atoms with Crippen LogP contribution in [0, 0.1) is 6.92 Å². The molecule has 0 saturated heterocycles. The normalized spacial score (nSPS) is 12.9. The van der Waals surface area contributed by atoms with Crippen LogP contribution >= 0.6 is 11.6 Å². The van der Waals surface area contributed by atoms with Crippen molar-refractivity contribution in [1.29, 1.82) is 0 Å². The van der Waals surface area contributed by atoms with Crippen molar-refractivity contribution in [3.63, 3.8) is 0 Å². The monoisotopic (exact) mass is 281 g/mol. The number of rotatable bonds is 5. The van der Waals surface area contributed by atoms with Crippen LogP contribution < -0.4 is 5.73 Å². The summed E-state index contributed by atoms with van der Waals surface area (Å²) in [5.41, 5.74) is 7.98. The second-order valence-electron chi connectivity index (χ2n) is 4.82. The molecule has 2 aromatic rings. The molecular weight excluding hydrogens is 262 g/mol. The Morgan fingerprint density at radius 1 is 1.47 bits per heavy atom. The Kier molecular flexibility index (Phi) is 4.27. The lowest BCUT2D eigenvalue weighted by Gasteiger charge is -2.11. The van der Waals surface area contributed by atoms with Gasteiger partial charge >= 0.3 is 0 Å². The average molecular weight is 282 g/mol. The molecule has 0 saturated carbocycles. The van der Waals surface area contributed by atoms with E-state index in [1.54, 1.807) is 10.9 Å². The van der Waals surface area contributed by atoms with Gasteiger partial charge in [-0.2, -0.15) is 5.10 Å². The molecule has 2 rings (SSSR count). The van der Waals surface area contributed by atoms with Crippen molar-refractivity contribution in [3.05, 3.63) is 34.6 Å². The Morgan fingerprint density at radius 2 is 2.21 bits per heavy atom. The molecule has 5 nitrogen and oxygen atoms in total. The van der Waals surface area contributed by atoms with Crippen molar-refractivity contribution in [1.82, 2.24) is 19.3 Å². The van der Waals surface area contributed by atoms with Crippen LogP contribution in [0.1, 0.15) is 30.4 Å². The Bertz CT molecular complexity index is 557. The van der Waals surface area contributed by atoms with Gasteiger partial charge in [0.2, 0.25) is 0 Å². The quantitative estimate of drug-likeness (QED) is 0.911. The maximum atomic E-state index is 6.26. The van der Waals surface area contributed by atoms with E-state index in [4.69, 9.17) is 17.3 Å². The van der Waals surface area contributed by atoms with Gasteiger partial charge in [-0.25, -0.2) is 4.98 Å². The topological polar surface area (TPSA) is 61.7 Å². The molecule has 0 aromatic carbocycles. The van der Waals surface area contributed by atoms with Gasteiger partial charge in [0.25, 0.3) is 0 Å². The van der Waals surface area contributed by atoms with Gasteiger partial charge in [-0.3, -0.25) is 4.68 Å². The summed E-state index contributed by atoms with van der Waals surface area (Å²) < 4.78 is 3.78. The first-order valence-corrected chi connectivity index (χ1v) is 6.84. The fraction of sp³-hybridized carbons (Fsp3) is 0.538. The Hall–Kier alpha value is -1.33. The molecule has 0 aliphatic carbocycles. The van der Waals surface area contributed by atoms with Crippen LogP contribution in [0.25, 0.3) is 0 Å². The van der Waals surface area contributed by atoms with E-state index in [2.05, 4.69) is 21.6 Å². The fourth-order valence-electron chi connectivity index (χ4n) is 2.08. The molecule has 19 heavy (non-hydrogen) atoms. The van der Waals surface area contributed by atoms with Crippen molar-refractivity contribution in [3.8, 4) is 0 Å². The minimum atomic E-state index is 0.145. The SMILES string of the molecule is CCC(N)Cc1nccn1Cc1c(C)nn(C)c1Cl. The second kappa shape index (κ2) is 5.75. The summed E-state index contributed by atoms with van der Waals surface area (Å²) in [6.45, 7) is 4.74. The van der Waals surface area contributed by atoms with Crippen LogP contribution in [0.4, 0.5) is 0 Å². The predicted octanol–water partition coefficient (Wildman–Crippen LogP) is 1.91. The van der Waals surface area contributed by atoms with Crippen LogP contribution in [0.2, 0.25) is 5.15 Å². The van der Waals surface area contributed by atoms with Gasteiger partial charge in [-0.15, -0.1) is 0 Å². The largest absolute Gasteiger partial charge is 0.330 e. The number of hydrogen-bond donors (Lipinski definition) is 1. The van der Waals surface area contributed by atoms with E-state index in [1.807, 2.05) is 20.2 Å². The summed E-state index contributed by atoms with van der Waals surface area (Å²) in [6, 6.07) is 0.145. The van der Waals surface area contributed by atoms with Gasteiger partial charge in [0.1, 0.15) is 11.0 Å². The minimum absolute atomic E-state index is 0.145.